The third-order valence-corrected chi connectivity index (χ3v) is 3.57. The highest BCUT2D eigenvalue weighted by Gasteiger charge is 2.37. The molecule has 7 nitrogen and oxygen atoms in total. The summed E-state index contributed by atoms with van der Waals surface area (Å²) < 4.78 is 5.31. The molecule has 1 aliphatic heterocycles. The van der Waals surface area contributed by atoms with Crippen molar-refractivity contribution in [3.8, 4) is 0 Å². The van der Waals surface area contributed by atoms with Crippen LogP contribution in [0.25, 0.3) is 0 Å². The normalized spacial score (nSPS) is 29.4. The van der Waals surface area contributed by atoms with Crippen molar-refractivity contribution in [3.05, 3.63) is 30.1 Å². The Bertz CT molecular complexity index is 469. The molecule has 1 amide bonds. The molecule has 2 unspecified atom stereocenters. The first-order chi connectivity index (χ1) is 9.99. The summed E-state index contributed by atoms with van der Waals surface area (Å²) in [7, 11) is 3.66. The number of ether oxygens (including phenoxy) is 1. The third kappa shape index (κ3) is 3.98. The van der Waals surface area contributed by atoms with E-state index in [1.54, 1.807) is 24.4 Å². The maximum atomic E-state index is 11.9. The fraction of sp³-hybridized carbons (Fsp3) is 0.571. The van der Waals surface area contributed by atoms with Crippen molar-refractivity contribution in [2.24, 2.45) is 0 Å². The van der Waals surface area contributed by atoms with Gasteiger partial charge in [-0.05, 0) is 32.6 Å². The first-order valence-electron chi connectivity index (χ1n) is 6.86. The number of aliphatic hydroxyl groups is 2. The van der Waals surface area contributed by atoms with Gasteiger partial charge in [0.05, 0.1) is 6.10 Å². The molecule has 4 atom stereocenters. The SMILES string of the molecule is CN(C)C1C[C@@H](CNC(=O)c2ccccn2)O[C@@H](O)C1O. The van der Waals surface area contributed by atoms with Crippen LogP contribution < -0.4 is 5.32 Å². The minimum Gasteiger partial charge on any atom is -0.386 e. The van der Waals surface area contributed by atoms with Gasteiger partial charge in [0.25, 0.3) is 5.91 Å². The van der Waals surface area contributed by atoms with E-state index in [0.717, 1.165) is 0 Å². The molecule has 1 fully saturated rings. The van der Waals surface area contributed by atoms with E-state index in [2.05, 4.69) is 10.3 Å². The molecule has 0 spiro atoms. The number of carbonyl (C=O) groups is 1. The fourth-order valence-corrected chi connectivity index (χ4v) is 2.37. The highest BCUT2D eigenvalue weighted by Crippen LogP contribution is 2.21. The minimum absolute atomic E-state index is 0.217. The van der Waals surface area contributed by atoms with Crippen molar-refractivity contribution in [2.45, 2.75) is 31.0 Å². The molecule has 0 radical (unpaired) electrons. The molecular weight excluding hydrogens is 274 g/mol. The van der Waals surface area contributed by atoms with Gasteiger partial charge in [-0.3, -0.25) is 9.78 Å². The molecule has 7 heteroatoms. The van der Waals surface area contributed by atoms with Crippen molar-refractivity contribution in [1.29, 1.82) is 0 Å². The van der Waals surface area contributed by atoms with E-state index in [1.165, 1.54) is 0 Å². The predicted molar refractivity (Wildman–Crippen MR) is 75.5 cm³/mol. The summed E-state index contributed by atoms with van der Waals surface area (Å²) in [5.41, 5.74) is 0.332. The maximum Gasteiger partial charge on any atom is 0.269 e. The minimum atomic E-state index is -1.25. The van der Waals surface area contributed by atoms with Crippen LogP contribution in [-0.4, -0.2) is 71.2 Å². The Balaban J connectivity index is 1.90. The topological polar surface area (TPSA) is 94.9 Å². The Morgan fingerprint density at radius 2 is 2.24 bits per heavy atom. The molecule has 21 heavy (non-hydrogen) atoms. The summed E-state index contributed by atoms with van der Waals surface area (Å²) in [6.45, 7) is 0.253. The molecule has 1 aromatic heterocycles. The van der Waals surface area contributed by atoms with Crippen LogP contribution in [0.15, 0.2) is 24.4 Å². The summed E-state index contributed by atoms with van der Waals surface area (Å²) in [6, 6.07) is 4.88. The van der Waals surface area contributed by atoms with Crippen LogP contribution in [0.2, 0.25) is 0 Å². The highest BCUT2D eigenvalue weighted by molar-refractivity contribution is 5.92. The second kappa shape index (κ2) is 6.95. The van der Waals surface area contributed by atoms with Crippen molar-refractivity contribution in [1.82, 2.24) is 15.2 Å². The van der Waals surface area contributed by atoms with Gasteiger partial charge in [0, 0.05) is 18.8 Å². The van der Waals surface area contributed by atoms with E-state index in [9.17, 15) is 15.0 Å². The van der Waals surface area contributed by atoms with Gasteiger partial charge in [0.1, 0.15) is 11.8 Å². The lowest BCUT2D eigenvalue weighted by atomic mass is 9.98. The van der Waals surface area contributed by atoms with Crippen LogP contribution in [-0.2, 0) is 4.74 Å². The monoisotopic (exact) mass is 295 g/mol. The third-order valence-electron chi connectivity index (χ3n) is 3.57. The molecule has 0 aliphatic carbocycles. The average Bonchev–Trinajstić information content (AvgIpc) is 2.48. The summed E-state index contributed by atoms with van der Waals surface area (Å²) >= 11 is 0. The van der Waals surface area contributed by atoms with Crippen LogP contribution >= 0.6 is 0 Å². The van der Waals surface area contributed by atoms with Gasteiger partial charge in [-0.2, -0.15) is 0 Å². The Morgan fingerprint density at radius 1 is 1.48 bits per heavy atom. The molecule has 3 N–H and O–H groups in total. The fourth-order valence-electron chi connectivity index (χ4n) is 2.37. The van der Waals surface area contributed by atoms with E-state index in [-0.39, 0.29) is 24.6 Å². The quantitative estimate of drug-likeness (QED) is 0.674. The number of hydrogen-bond donors (Lipinski definition) is 3. The van der Waals surface area contributed by atoms with Crippen molar-refractivity contribution >= 4 is 5.91 Å². The molecule has 2 heterocycles. The molecule has 1 aromatic rings. The molecule has 0 saturated carbocycles. The first kappa shape index (κ1) is 15.8. The number of rotatable bonds is 4. The Hall–Kier alpha value is -1.54. The second-order valence-corrected chi connectivity index (χ2v) is 5.33. The lowest BCUT2D eigenvalue weighted by Gasteiger charge is -2.40. The summed E-state index contributed by atoms with van der Waals surface area (Å²) in [5.74, 6) is -0.291. The van der Waals surface area contributed by atoms with Gasteiger partial charge in [-0.25, -0.2) is 0 Å². The van der Waals surface area contributed by atoms with Crippen LogP contribution in [0.1, 0.15) is 16.9 Å². The number of nitrogens with one attached hydrogen (secondary N) is 1. The van der Waals surface area contributed by atoms with Crippen molar-refractivity contribution < 1.29 is 19.7 Å². The van der Waals surface area contributed by atoms with Crippen LogP contribution in [0, 0.1) is 0 Å². The number of aromatic nitrogens is 1. The standard InChI is InChI=1S/C14H21N3O4/c1-17(2)11-7-9(21-14(20)12(11)18)8-16-13(19)10-5-3-4-6-15-10/h3-6,9,11-12,14,18,20H,7-8H2,1-2H3,(H,16,19)/t9-,11?,12?,14+/m0/s1. The average molecular weight is 295 g/mol. The largest absolute Gasteiger partial charge is 0.386 e. The van der Waals surface area contributed by atoms with Crippen LogP contribution in [0.5, 0.6) is 0 Å². The maximum absolute atomic E-state index is 11.9. The molecule has 116 valence electrons. The molecule has 1 aliphatic rings. The van der Waals surface area contributed by atoms with E-state index in [4.69, 9.17) is 4.74 Å². The molecule has 1 saturated heterocycles. The van der Waals surface area contributed by atoms with Gasteiger partial charge in [0.2, 0.25) is 0 Å². The zero-order valence-corrected chi connectivity index (χ0v) is 12.1. The van der Waals surface area contributed by atoms with Gasteiger partial charge < -0.3 is 25.2 Å². The molecular formula is C14H21N3O4. The van der Waals surface area contributed by atoms with Crippen LogP contribution in [0.4, 0.5) is 0 Å². The van der Waals surface area contributed by atoms with Gasteiger partial charge >= 0.3 is 0 Å². The summed E-state index contributed by atoms with van der Waals surface area (Å²) in [4.78, 5) is 17.7. The second-order valence-electron chi connectivity index (χ2n) is 5.33. The summed E-state index contributed by atoms with van der Waals surface area (Å²) in [6.07, 6.45) is -0.490. The number of carbonyl (C=O) groups excluding carboxylic acids is 1. The van der Waals surface area contributed by atoms with E-state index in [1.807, 2.05) is 19.0 Å². The Morgan fingerprint density at radius 3 is 2.86 bits per heavy atom. The first-order valence-corrected chi connectivity index (χ1v) is 6.86. The highest BCUT2D eigenvalue weighted by atomic mass is 16.6. The zero-order chi connectivity index (χ0) is 15.4. The number of hydrogen-bond acceptors (Lipinski definition) is 6. The van der Waals surface area contributed by atoms with Gasteiger partial charge in [0.15, 0.2) is 6.29 Å². The number of nitrogens with zero attached hydrogens (tertiary/aromatic N) is 2. The van der Waals surface area contributed by atoms with Crippen molar-refractivity contribution in [2.75, 3.05) is 20.6 Å². The predicted octanol–water partition coefficient (Wildman–Crippen LogP) is -0.790. The van der Waals surface area contributed by atoms with Gasteiger partial charge in [-0.1, -0.05) is 6.07 Å². The van der Waals surface area contributed by atoms with E-state index in [0.29, 0.717) is 12.1 Å². The number of amides is 1. The number of pyridine rings is 1. The lowest BCUT2D eigenvalue weighted by molar-refractivity contribution is -0.232. The van der Waals surface area contributed by atoms with Crippen molar-refractivity contribution in [3.63, 3.8) is 0 Å². The van der Waals surface area contributed by atoms with E-state index >= 15 is 0 Å². The number of aliphatic hydroxyl groups excluding tert-OH is 2. The molecule has 0 bridgehead atoms. The number of likely N-dealkylation sites (N-methyl/N-ethyl adjacent to an activating group) is 1. The molecule has 0 aromatic carbocycles. The molecule has 2 rings (SSSR count). The smallest absolute Gasteiger partial charge is 0.269 e. The lowest BCUT2D eigenvalue weighted by Crippen LogP contribution is -2.55. The van der Waals surface area contributed by atoms with E-state index < -0.39 is 12.4 Å². The van der Waals surface area contributed by atoms with Crippen LogP contribution in [0.3, 0.4) is 0 Å². The zero-order valence-electron chi connectivity index (χ0n) is 12.1. The Labute approximate surface area is 123 Å². The Kier molecular flexibility index (Phi) is 5.24. The van der Waals surface area contributed by atoms with Gasteiger partial charge in [-0.15, -0.1) is 0 Å². The summed E-state index contributed by atoms with van der Waals surface area (Å²) in [5, 5.41) is 22.3.